The van der Waals surface area contributed by atoms with Crippen molar-refractivity contribution in [3.63, 3.8) is 0 Å². The van der Waals surface area contributed by atoms with Gasteiger partial charge >= 0.3 is 5.97 Å². The molecule has 2 nitrogen and oxygen atoms in total. The molecule has 0 N–H and O–H groups in total. The zero-order chi connectivity index (χ0) is 9.97. The molecule has 2 aliphatic carbocycles. The lowest BCUT2D eigenvalue weighted by atomic mass is 9.89. The highest BCUT2D eigenvalue weighted by atomic mass is 16.5. The van der Waals surface area contributed by atoms with E-state index in [0.717, 1.165) is 18.4 Å². The Morgan fingerprint density at radius 1 is 1.21 bits per heavy atom. The van der Waals surface area contributed by atoms with Gasteiger partial charge in [-0.15, -0.1) is 0 Å². The van der Waals surface area contributed by atoms with Gasteiger partial charge in [0.1, 0.15) is 0 Å². The normalized spacial score (nSPS) is 33.5. The van der Waals surface area contributed by atoms with Crippen LogP contribution in [0.25, 0.3) is 0 Å². The molecule has 2 saturated carbocycles. The Morgan fingerprint density at radius 3 is 2.79 bits per heavy atom. The molecule has 0 unspecified atom stereocenters. The van der Waals surface area contributed by atoms with Crippen LogP contribution < -0.4 is 0 Å². The Balaban J connectivity index is 2.01. The summed E-state index contributed by atoms with van der Waals surface area (Å²) in [6.07, 6.45) is 9.87. The molecule has 0 bridgehead atoms. The molecule has 2 fully saturated rings. The Labute approximate surface area is 86.0 Å². The molecular formula is C12H19O2. The maximum Gasteiger partial charge on any atom is 0.303 e. The first-order valence-corrected chi connectivity index (χ1v) is 5.81. The smallest absolute Gasteiger partial charge is 0.303 e. The lowest BCUT2D eigenvalue weighted by Crippen LogP contribution is -2.19. The van der Waals surface area contributed by atoms with E-state index < -0.39 is 0 Å². The van der Waals surface area contributed by atoms with Crippen molar-refractivity contribution in [1.82, 2.24) is 0 Å². The third kappa shape index (κ3) is 2.10. The molecule has 0 saturated heterocycles. The van der Waals surface area contributed by atoms with Crippen LogP contribution >= 0.6 is 0 Å². The predicted molar refractivity (Wildman–Crippen MR) is 54.3 cm³/mol. The minimum absolute atomic E-state index is 0.132. The summed E-state index contributed by atoms with van der Waals surface area (Å²) in [4.78, 5) is 11.0. The van der Waals surface area contributed by atoms with Crippen LogP contribution in [0.1, 0.15) is 51.9 Å². The molecular weight excluding hydrogens is 176 g/mol. The summed E-state index contributed by atoms with van der Waals surface area (Å²) in [5.74, 6) is 1.28. The van der Waals surface area contributed by atoms with Gasteiger partial charge in [-0.25, -0.2) is 0 Å². The monoisotopic (exact) mass is 195 g/mol. The predicted octanol–water partition coefficient (Wildman–Crippen LogP) is 3.07. The van der Waals surface area contributed by atoms with Crippen LogP contribution in [0.5, 0.6) is 0 Å². The molecule has 2 heteroatoms. The van der Waals surface area contributed by atoms with E-state index in [4.69, 9.17) is 4.74 Å². The van der Waals surface area contributed by atoms with Crippen molar-refractivity contribution in [2.24, 2.45) is 11.8 Å². The summed E-state index contributed by atoms with van der Waals surface area (Å²) in [6.45, 7) is 1.52. The molecule has 0 heterocycles. The maximum absolute atomic E-state index is 11.0. The average Bonchev–Trinajstić information content (AvgIpc) is 2.51. The number of rotatable bonds is 1. The van der Waals surface area contributed by atoms with Gasteiger partial charge in [0, 0.05) is 12.8 Å². The first kappa shape index (κ1) is 10.0. The summed E-state index contributed by atoms with van der Waals surface area (Å²) < 4.78 is 5.36. The minimum Gasteiger partial charge on any atom is -0.455 e. The van der Waals surface area contributed by atoms with Gasteiger partial charge in [-0.3, -0.25) is 4.79 Å². The lowest BCUT2D eigenvalue weighted by molar-refractivity contribution is -0.142. The standard InChI is InChI=1S/C12H19O2/c1-9(13)14-12-8-3-2-5-10-6-4-7-11(10)12/h10-11H,2-8H2,1H3/t10-,11+/m0/s1. The highest BCUT2D eigenvalue weighted by Crippen LogP contribution is 2.45. The van der Waals surface area contributed by atoms with Crippen LogP contribution in [0.4, 0.5) is 0 Å². The lowest BCUT2D eigenvalue weighted by Gasteiger charge is -2.23. The van der Waals surface area contributed by atoms with Gasteiger partial charge in [-0.1, -0.05) is 25.7 Å². The maximum atomic E-state index is 11.0. The van der Waals surface area contributed by atoms with Crippen molar-refractivity contribution in [3.8, 4) is 0 Å². The summed E-state index contributed by atoms with van der Waals surface area (Å²) in [6, 6.07) is 0. The molecule has 0 aromatic carbocycles. The second kappa shape index (κ2) is 4.33. The van der Waals surface area contributed by atoms with E-state index in [2.05, 4.69) is 0 Å². The zero-order valence-corrected chi connectivity index (χ0v) is 8.92. The van der Waals surface area contributed by atoms with E-state index in [-0.39, 0.29) is 5.97 Å². The molecule has 2 atom stereocenters. The number of carbonyl (C=O) groups excluding carboxylic acids is 1. The second-order valence-electron chi connectivity index (χ2n) is 4.60. The average molecular weight is 195 g/mol. The van der Waals surface area contributed by atoms with Crippen molar-refractivity contribution in [2.75, 3.05) is 0 Å². The number of ether oxygens (including phenoxy) is 1. The fraction of sp³-hybridized carbons (Fsp3) is 0.833. The summed E-state index contributed by atoms with van der Waals surface area (Å²) >= 11 is 0. The molecule has 14 heavy (non-hydrogen) atoms. The largest absolute Gasteiger partial charge is 0.455 e. The van der Waals surface area contributed by atoms with Crippen molar-refractivity contribution in [3.05, 3.63) is 6.10 Å². The molecule has 0 spiro atoms. The van der Waals surface area contributed by atoms with E-state index >= 15 is 0 Å². The summed E-state index contributed by atoms with van der Waals surface area (Å²) in [5, 5.41) is 0. The molecule has 1 radical (unpaired) electrons. The molecule has 2 aliphatic rings. The second-order valence-corrected chi connectivity index (χ2v) is 4.60. The van der Waals surface area contributed by atoms with Crippen LogP contribution in [-0.4, -0.2) is 5.97 Å². The number of esters is 1. The van der Waals surface area contributed by atoms with Crippen molar-refractivity contribution < 1.29 is 9.53 Å². The SMILES string of the molecule is CC(=O)O[C]1CCCC[C@H]2CCC[C@@H]12. The van der Waals surface area contributed by atoms with Crippen molar-refractivity contribution >= 4 is 5.97 Å². The Bertz CT molecular complexity index is 212. The Morgan fingerprint density at radius 2 is 2.00 bits per heavy atom. The van der Waals surface area contributed by atoms with E-state index in [0.29, 0.717) is 5.92 Å². The summed E-state index contributed by atoms with van der Waals surface area (Å²) in [5.41, 5.74) is 0. The van der Waals surface area contributed by atoms with E-state index in [1.54, 1.807) is 0 Å². The number of fused-ring (bicyclic) bond motifs is 1. The van der Waals surface area contributed by atoms with Crippen LogP contribution in [0.3, 0.4) is 0 Å². The number of hydrogen-bond acceptors (Lipinski definition) is 2. The van der Waals surface area contributed by atoms with E-state index in [1.165, 1.54) is 45.4 Å². The van der Waals surface area contributed by atoms with Crippen molar-refractivity contribution in [2.45, 2.75) is 51.9 Å². The topological polar surface area (TPSA) is 26.3 Å². The van der Waals surface area contributed by atoms with Gasteiger partial charge in [0.15, 0.2) is 6.10 Å². The molecule has 0 aromatic rings. The van der Waals surface area contributed by atoms with Crippen molar-refractivity contribution in [1.29, 1.82) is 0 Å². The third-order valence-corrected chi connectivity index (χ3v) is 3.60. The first-order valence-electron chi connectivity index (χ1n) is 5.81. The molecule has 2 rings (SSSR count). The molecule has 0 amide bonds. The molecule has 0 aromatic heterocycles. The van der Waals surface area contributed by atoms with Gasteiger partial charge in [-0.2, -0.15) is 0 Å². The van der Waals surface area contributed by atoms with Gasteiger partial charge in [0.25, 0.3) is 0 Å². The third-order valence-electron chi connectivity index (χ3n) is 3.60. The van der Waals surface area contributed by atoms with E-state index in [1.807, 2.05) is 0 Å². The van der Waals surface area contributed by atoms with Crippen LogP contribution in [-0.2, 0) is 9.53 Å². The van der Waals surface area contributed by atoms with Crippen LogP contribution in [0, 0.1) is 17.9 Å². The summed E-state index contributed by atoms with van der Waals surface area (Å²) in [7, 11) is 0. The number of hydrogen-bond donors (Lipinski definition) is 0. The first-order chi connectivity index (χ1) is 6.77. The molecule has 79 valence electrons. The van der Waals surface area contributed by atoms with Gasteiger partial charge in [-0.05, 0) is 25.2 Å². The van der Waals surface area contributed by atoms with Crippen LogP contribution in [0.2, 0.25) is 0 Å². The fourth-order valence-corrected chi connectivity index (χ4v) is 3.01. The highest BCUT2D eigenvalue weighted by Gasteiger charge is 2.37. The molecule has 0 aliphatic heterocycles. The van der Waals surface area contributed by atoms with Gasteiger partial charge in [0.05, 0.1) is 0 Å². The minimum atomic E-state index is -0.132. The Hall–Kier alpha value is -0.530. The van der Waals surface area contributed by atoms with Gasteiger partial charge in [0.2, 0.25) is 0 Å². The fourth-order valence-electron chi connectivity index (χ4n) is 3.01. The van der Waals surface area contributed by atoms with Gasteiger partial charge < -0.3 is 4.74 Å². The van der Waals surface area contributed by atoms with Crippen LogP contribution in [0.15, 0.2) is 0 Å². The Kier molecular flexibility index (Phi) is 3.09. The zero-order valence-electron chi connectivity index (χ0n) is 8.92. The highest BCUT2D eigenvalue weighted by molar-refractivity contribution is 5.66. The number of carbonyl (C=O) groups is 1. The quantitative estimate of drug-likeness (QED) is 0.601. The van der Waals surface area contributed by atoms with E-state index in [9.17, 15) is 4.79 Å².